The molecule has 0 amide bonds. The molecule has 0 unspecified atom stereocenters. The Morgan fingerprint density at radius 3 is 1.03 bits per heavy atom. The monoisotopic (exact) mass is 450 g/mol. The van der Waals surface area contributed by atoms with E-state index in [-0.39, 0.29) is 14.9 Å². The predicted molar refractivity (Wildman–Crippen MR) is 135 cm³/mol. The second-order valence-electron chi connectivity index (χ2n) is 5.56. The number of nitrogen functional groups attached to an aromatic ring is 1. The van der Waals surface area contributed by atoms with Crippen molar-refractivity contribution in [3.8, 4) is 0 Å². The van der Waals surface area contributed by atoms with Gasteiger partial charge in [-0.25, -0.2) is 0 Å². The van der Waals surface area contributed by atoms with Crippen molar-refractivity contribution in [2.75, 3.05) is 11.1 Å². The molecular weight excluding hydrogens is 420 g/mol. The Labute approximate surface area is 184 Å². The fourth-order valence-electron chi connectivity index (χ4n) is 2.08. The van der Waals surface area contributed by atoms with E-state index in [0.717, 1.165) is 21.5 Å². The van der Waals surface area contributed by atoms with Gasteiger partial charge in [-0.3, -0.25) is 0 Å². The molecule has 4 rings (SSSR count). The lowest BCUT2D eigenvalue weighted by atomic mass is 10.3. The van der Waals surface area contributed by atoms with Crippen molar-refractivity contribution in [2.45, 2.75) is 14.9 Å². The number of nitrogens with two attached hydrogens (primary N) is 1. The van der Waals surface area contributed by atoms with Crippen LogP contribution in [0.1, 0.15) is 14.9 Å². The van der Waals surface area contributed by atoms with Crippen molar-refractivity contribution in [1.82, 2.24) is 0 Å². The van der Waals surface area contributed by atoms with Crippen LogP contribution in [0.4, 0.5) is 17.1 Å². The molecule has 0 bridgehead atoms. The van der Waals surface area contributed by atoms with Gasteiger partial charge in [-0.05, 0) is 48.5 Å². The molecule has 4 aromatic rings. The standard InChI is InChI=1S/C12H11N.C6H5Br.C6H7N.2CH4/c1-3-7-11(8-4-1)13-12-9-5-2-6-10-12;2*7-6-4-2-1-3-5-6;;/h1-10,13H;1-5H;1-5H,7H2;2*1H4. The first-order valence-corrected chi connectivity index (χ1v) is 9.41. The Balaban J connectivity index is 0.000000423. The third-order valence-electron chi connectivity index (χ3n) is 3.37. The molecule has 0 radical (unpaired) electrons. The fourth-order valence-corrected chi connectivity index (χ4v) is 2.38. The van der Waals surface area contributed by atoms with E-state index in [9.17, 15) is 0 Å². The van der Waals surface area contributed by atoms with Crippen LogP contribution in [0.3, 0.4) is 0 Å². The van der Waals surface area contributed by atoms with Crippen molar-refractivity contribution >= 4 is 33.0 Å². The van der Waals surface area contributed by atoms with E-state index in [4.69, 9.17) is 5.73 Å². The van der Waals surface area contributed by atoms with E-state index in [0.29, 0.717) is 0 Å². The molecule has 0 heterocycles. The predicted octanol–water partition coefficient (Wildman–Crippen LogP) is 8.42. The van der Waals surface area contributed by atoms with Crippen LogP contribution in [-0.2, 0) is 0 Å². The first-order valence-electron chi connectivity index (χ1n) is 8.62. The number of rotatable bonds is 2. The van der Waals surface area contributed by atoms with Gasteiger partial charge < -0.3 is 11.1 Å². The quantitative estimate of drug-likeness (QED) is 0.300. The highest BCUT2D eigenvalue weighted by molar-refractivity contribution is 9.10. The molecule has 0 atom stereocenters. The summed E-state index contributed by atoms with van der Waals surface area (Å²) < 4.78 is 1.13. The number of hydrogen-bond donors (Lipinski definition) is 2. The van der Waals surface area contributed by atoms with Crippen molar-refractivity contribution in [2.24, 2.45) is 0 Å². The Bertz CT molecular complexity index is 777. The number of nitrogens with one attached hydrogen (secondary N) is 1. The molecule has 0 aliphatic carbocycles. The van der Waals surface area contributed by atoms with Crippen molar-refractivity contribution < 1.29 is 0 Å². The molecule has 0 aliphatic heterocycles. The maximum absolute atomic E-state index is 5.36. The van der Waals surface area contributed by atoms with Gasteiger partial charge in [-0.15, -0.1) is 0 Å². The largest absolute Gasteiger partial charge is 0.399 e. The number of anilines is 3. The van der Waals surface area contributed by atoms with E-state index in [2.05, 4.69) is 21.2 Å². The van der Waals surface area contributed by atoms with Crippen LogP contribution in [0.2, 0.25) is 0 Å². The molecular formula is C26H31BrN2. The summed E-state index contributed by atoms with van der Waals surface area (Å²) in [6, 6.07) is 39.7. The SMILES string of the molecule is Brc1ccccc1.C.C.Nc1ccccc1.c1ccc(Nc2ccccc2)cc1. The number of benzene rings is 4. The minimum absolute atomic E-state index is 0. The smallest absolute Gasteiger partial charge is 0.0384 e. The summed E-state index contributed by atoms with van der Waals surface area (Å²) in [4.78, 5) is 0. The zero-order valence-electron chi connectivity index (χ0n) is 15.0. The molecule has 152 valence electrons. The molecule has 0 saturated heterocycles. The van der Waals surface area contributed by atoms with E-state index in [1.165, 1.54) is 0 Å². The number of hydrogen-bond acceptors (Lipinski definition) is 2. The second kappa shape index (κ2) is 16.0. The van der Waals surface area contributed by atoms with E-state index in [1.54, 1.807) is 0 Å². The van der Waals surface area contributed by atoms with Gasteiger partial charge in [0.15, 0.2) is 0 Å². The highest BCUT2D eigenvalue weighted by Gasteiger charge is 1.89. The maximum Gasteiger partial charge on any atom is 0.0384 e. The van der Waals surface area contributed by atoms with Gasteiger partial charge in [-0.2, -0.15) is 0 Å². The van der Waals surface area contributed by atoms with Crippen molar-refractivity contribution in [3.63, 3.8) is 0 Å². The minimum Gasteiger partial charge on any atom is -0.399 e. The van der Waals surface area contributed by atoms with Crippen molar-refractivity contribution in [3.05, 3.63) is 126 Å². The van der Waals surface area contributed by atoms with Crippen LogP contribution in [0.25, 0.3) is 0 Å². The first kappa shape index (κ1) is 26.0. The average molecular weight is 451 g/mol. The normalized spacial score (nSPS) is 8.45. The topological polar surface area (TPSA) is 38.0 Å². The Morgan fingerprint density at radius 1 is 0.483 bits per heavy atom. The maximum atomic E-state index is 5.36. The molecule has 3 N–H and O–H groups in total. The molecule has 0 fully saturated rings. The lowest BCUT2D eigenvalue weighted by Gasteiger charge is -2.04. The molecule has 0 aromatic heterocycles. The van der Waals surface area contributed by atoms with E-state index in [1.807, 2.05) is 121 Å². The van der Waals surface area contributed by atoms with Crippen molar-refractivity contribution in [1.29, 1.82) is 0 Å². The van der Waals surface area contributed by atoms with Crippen LogP contribution in [0, 0.1) is 0 Å². The first-order chi connectivity index (χ1) is 13.2. The van der Waals surface area contributed by atoms with Crippen LogP contribution in [0.5, 0.6) is 0 Å². The lowest BCUT2D eigenvalue weighted by molar-refractivity contribution is 1.55. The highest BCUT2D eigenvalue weighted by Crippen LogP contribution is 2.14. The third kappa shape index (κ3) is 12.1. The Hall–Kier alpha value is -3.04. The zero-order chi connectivity index (χ0) is 19.2. The Kier molecular flexibility index (Phi) is 14.3. The van der Waals surface area contributed by atoms with E-state index < -0.39 is 0 Å². The summed E-state index contributed by atoms with van der Waals surface area (Å²) in [6.45, 7) is 0. The van der Waals surface area contributed by atoms with Gasteiger partial charge in [0.25, 0.3) is 0 Å². The molecule has 3 heteroatoms. The lowest BCUT2D eigenvalue weighted by Crippen LogP contribution is -1.87. The molecule has 0 spiro atoms. The van der Waals surface area contributed by atoms with Gasteiger partial charge in [0.2, 0.25) is 0 Å². The molecule has 29 heavy (non-hydrogen) atoms. The molecule has 0 saturated carbocycles. The summed E-state index contributed by atoms with van der Waals surface area (Å²) in [6.07, 6.45) is 0. The van der Waals surface area contributed by atoms with Crippen LogP contribution in [0.15, 0.2) is 126 Å². The average Bonchev–Trinajstić information content (AvgIpc) is 2.72. The summed E-state index contributed by atoms with van der Waals surface area (Å²) in [5, 5.41) is 3.30. The summed E-state index contributed by atoms with van der Waals surface area (Å²) in [5.41, 5.74) is 8.42. The van der Waals surface area contributed by atoms with Crippen LogP contribution >= 0.6 is 15.9 Å². The fraction of sp³-hybridized carbons (Fsp3) is 0.0769. The summed E-state index contributed by atoms with van der Waals surface area (Å²) in [7, 11) is 0. The minimum atomic E-state index is 0. The second-order valence-corrected chi connectivity index (χ2v) is 6.48. The summed E-state index contributed by atoms with van der Waals surface area (Å²) >= 11 is 3.31. The summed E-state index contributed by atoms with van der Waals surface area (Å²) in [5.74, 6) is 0. The van der Waals surface area contributed by atoms with E-state index >= 15 is 0 Å². The van der Waals surface area contributed by atoms with Crippen LogP contribution in [-0.4, -0.2) is 0 Å². The molecule has 0 aliphatic rings. The molecule has 4 aromatic carbocycles. The van der Waals surface area contributed by atoms with Gasteiger partial charge in [0.05, 0.1) is 0 Å². The van der Waals surface area contributed by atoms with Gasteiger partial charge >= 0.3 is 0 Å². The van der Waals surface area contributed by atoms with Gasteiger partial charge in [0, 0.05) is 21.5 Å². The molecule has 2 nitrogen and oxygen atoms in total. The number of para-hydroxylation sites is 3. The van der Waals surface area contributed by atoms with Crippen LogP contribution < -0.4 is 11.1 Å². The number of halogens is 1. The highest BCUT2D eigenvalue weighted by atomic mass is 79.9. The zero-order valence-corrected chi connectivity index (χ0v) is 16.6. The third-order valence-corrected chi connectivity index (χ3v) is 3.90. The Morgan fingerprint density at radius 2 is 0.793 bits per heavy atom. The van der Waals surface area contributed by atoms with Gasteiger partial charge in [0.1, 0.15) is 0 Å². The van der Waals surface area contributed by atoms with Gasteiger partial charge in [-0.1, -0.05) is 104 Å².